The van der Waals surface area contributed by atoms with Crippen molar-refractivity contribution in [2.24, 2.45) is 0 Å². The van der Waals surface area contributed by atoms with Gasteiger partial charge in [0, 0.05) is 16.8 Å². The van der Waals surface area contributed by atoms with E-state index in [9.17, 15) is 8.42 Å². The first-order chi connectivity index (χ1) is 11.9. The van der Waals surface area contributed by atoms with E-state index >= 15 is 0 Å². The van der Waals surface area contributed by atoms with E-state index in [4.69, 9.17) is 16.0 Å². The van der Waals surface area contributed by atoms with Crippen LogP contribution in [0.1, 0.15) is 13.3 Å². The van der Waals surface area contributed by atoms with E-state index in [1.54, 1.807) is 31.2 Å². The highest BCUT2D eigenvalue weighted by Gasteiger charge is 2.22. The molecule has 0 aliphatic rings. The summed E-state index contributed by atoms with van der Waals surface area (Å²) in [4.78, 5) is 7.97. The van der Waals surface area contributed by atoms with Gasteiger partial charge in [0.2, 0.25) is 20.9 Å². The standard InChI is InChI=1S/C15H12BrClN4O3S/c1-2-7-25(22,23)15-18-8-11(16)12(19-15)14-21-20-13(24-14)9-3-5-10(17)6-4-9/h3-6,8H,2,7H2,1H3. The van der Waals surface area contributed by atoms with Crippen LogP contribution in [0.4, 0.5) is 0 Å². The second-order valence-corrected chi connectivity index (χ2v) is 8.38. The molecular weight excluding hydrogens is 432 g/mol. The van der Waals surface area contributed by atoms with Crippen molar-refractivity contribution in [3.63, 3.8) is 0 Å². The maximum absolute atomic E-state index is 12.2. The predicted molar refractivity (Wildman–Crippen MR) is 95.8 cm³/mol. The average Bonchev–Trinajstić information content (AvgIpc) is 3.05. The van der Waals surface area contributed by atoms with Crippen LogP contribution in [0.25, 0.3) is 23.0 Å². The fourth-order valence-electron chi connectivity index (χ4n) is 2.04. The third-order valence-electron chi connectivity index (χ3n) is 3.19. The van der Waals surface area contributed by atoms with Crippen LogP contribution in [0.5, 0.6) is 0 Å². The van der Waals surface area contributed by atoms with Gasteiger partial charge < -0.3 is 4.42 Å². The van der Waals surface area contributed by atoms with E-state index in [1.165, 1.54) is 6.20 Å². The summed E-state index contributed by atoms with van der Waals surface area (Å²) in [5, 5.41) is 8.25. The van der Waals surface area contributed by atoms with Gasteiger partial charge in [-0.05, 0) is 46.6 Å². The molecule has 3 rings (SSSR count). The zero-order valence-corrected chi connectivity index (χ0v) is 16.1. The highest BCUT2D eigenvalue weighted by Crippen LogP contribution is 2.28. The van der Waals surface area contributed by atoms with Crippen molar-refractivity contribution in [3.8, 4) is 23.0 Å². The molecule has 0 saturated heterocycles. The number of hydrogen-bond donors (Lipinski definition) is 0. The summed E-state index contributed by atoms with van der Waals surface area (Å²) in [6, 6.07) is 6.89. The van der Waals surface area contributed by atoms with Gasteiger partial charge in [0.05, 0.1) is 10.2 Å². The smallest absolute Gasteiger partial charge is 0.267 e. The first-order valence-electron chi connectivity index (χ1n) is 7.26. The van der Waals surface area contributed by atoms with Crippen molar-refractivity contribution < 1.29 is 12.8 Å². The Kier molecular flexibility index (Phi) is 5.16. The molecule has 2 heterocycles. The SMILES string of the molecule is CCCS(=O)(=O)c1ncc(Br)c(-c2nnc(-c3ccc(Cl)cc3)o2)n1. The van der Waals surface area contributed by atoms with Gasteiger partial charge in [0.15, 0.2) is 0 Å². The number of benzene rings is 1. The number of aromatic nitrogens is 4. The molecule has 0 aliphatic carbocycles. The molecule has 0 radical (unpaired) electrons. The quantitative estimate of drug-likeness (QED) is 0.553. The highest BCUT2D eigenvalue weighted by atomic mass is 79.9. The highest BCUT2D eigenvalue weighted by molar-refractivity contribution is 9.10. The van der Waals surface area contributed by atoms with Crippen molar-refractivity contribution in [2.75, 3.05) is 5.75 Å². The van der Waals surface area contributed by atoms with Gasteiger partial charge in [-0.25, -0.2) is 18.4 Å². The van der Waals surface area contributed by atoms with E-state index in [-0.39, 0.29) is 28.4 Å². The van der Waals surface area contributed by atoms with E-state index in [1.807, 2.05) is 0 Å². The molecular formula is C15H12BrClN4O3S. The van der Waals surface area contributed by atoms with Crippen molar-refractivity contribution in [2.45, 2.75) is 18.5 Å². The van der Waals surface area contributed by atoms with Gasteiger partial charge in [-0.1, -0.05) is 18.5 Å². The minimum atomic E-state index is -3.56. The van der Waals surface area contributed by atoms with Crippen molar-refractivity contribution in [1.29, 1.82) is 0 Å². The Labute approximate surface area is 157 Å². The molecule has 1 aromatic carbocycles. The van der Waals surface area contributed by atoms with E-state index in [0.29, 0.717) is 21.5 Å². The molecule has 25 heavy (non-hydrogen) atoms. The molecule has 0 bridgehead atoms. The molecule has 0 N–H and O–H groups in total. The molecule has 0 unspecified atom stereocenters. The summed E-state index contributed by atoms with van der Waals surface area (Å²) in [6.07, 6.45) is 1.83. The Morgan fingerprint density at radius 3 is 2.52 bits per heavy atom. The molecule has 10 heteroatoms. The minimum Gasteiger partial charge on any atom is -0.415 e. The lowest BCUT2D eigenvalue weighted by molar-refractivity contribution is 0.575. The van der Waals surface area contributed by atoms with Crippen LogP contribution in [0, 0.1) is 0 Å². The van der Waals surface area contributed by atoms with Crippen LogP contribution in [0.2, 0.25) is 5.02 Å². The number of halogens is 2. The van der Waals surface area contributed by atoms with Gasteiger partial charge in [0.1, 0.15) is 5.69 Å². The lowest BCUT2D eigenvalue weighted by Crippen LogP contribution is -2.11. The van der Waals surface area contributed by atoms with Crippen LogP contribution < -0.4 is 0 Å². The fraction of sp³-hybridized carbons (Fsp3) is 0.200. The van der Waals surface area contributed by atoms with Crippen LogP contribution in [-0.2, 0) is 9.84 Å². The fourth-order valence-corrected chi connectivity index (χ4v) is 3.69. The lowest BCUT2D eigenvalue weighted by atomic mass is 10.2. The van der Waals surface area contributed by atoms with E-state index in [0.717, 1.165) is 0 Å². The Bertz CT molecular complexity index is 1010. The van der Waals surface area contributed by atoms with Crippen LogP contribution in [-0.4, -0.2) is 34.3 Å². The van der Waals surface area contributed by atoms with Gasteiger partial charge in [-0.2, -0.15) is 0 Å². The van der Waals surface area contributed by atoms with Crippen LogP contribution in [0.15, 0.2) is 44.5 Å². The number of rotatable bonds is 5. The summed E-state index contributed by atoms with van der Waals surface area (Å²) < 4.78 is 30.4. The Hall–Kier alpha value is -1.84. The molecule has 0 saturated carbocycles. The predicted octanol–water partition coefficient (Wildman–Crippen LogP) is 3.79. The van der Waals surface area contributed by atoms with E-state index in [2.05, 4.69) is 36.1 Å². The largest absolute Gasteiger partial charge is 0.415 e. The molecule has 130 valence electrons. The van der Waals surface area contributed by atoms with Crippen molar-refractivity contribution in [1.82, 2.24) is 20.2 Å². The van der Waals surface area contributed by atoms with Gasteiger partial charge >= 0.3 is 0 Å². The molecule has 0 atom stereocenters. The normalized spacial score (nSPS) is 11.6. The maximum Gasteiger partial charge on any atom is 0.267 e. The topological polar surface area (TPSA) is 98.8 Å². The summed E-state index contributed by atoms with van der Waals surface area (Å²) in [7, 11) is -3.56. The number of sulfone groups is 1. The second-order valence-electron chi connectivity index (χ2n) is 5.09. The van der Waals surface area contributed by atoms with Crippen molar-refractivity contribution in [3.05, 3.63) is 40.0 Å². The van der Waals surface area contributed by atoms with E-state index < -0.39 is 9.84 Å². The first-order valence-corrected chi connectivity index (χ1v) is 10.1. The maximum atomic E-state index is 12.2. The average molecular weight is 444 g/mol. The van der Waals surface area contributed by atoms with Gasteiger partial charge in [-0.3, -0.25) is 0 Å². The monoisotopic (exact) mass is 442 g/mol. The number of hydrogen-bond acceptors (Lipinski definition) is 7. The summed E-state index contributed by atoms with van der Waals surface area (Å²) in [5.74, 6) is 0.329. The third kappa shape index (κ3) is 3.88. The van der Waals surface area contributed by atoms with Gasteiger partial charge in [0.25, 0.3) is 5.89 Å². The van der Waals surface area contributed by atoms with Crippen LogP contribution in [0.3, 0.4) is 0 Å². The van der Waals surface area contributed by atoms with Crippen LogP contribution >= 0.6 is 27.5 Å². The molecule has 3 aromatic rings. The van der Waals surface area contributed by atoms with Gasteiger partial charge in [-0.15, -0.1) is 10.2 Å². The summed E-state index contributed by atoms with van der Waals surface area (Å²) >= 11 is 9.14. The third-order valence-corrected chi connectivity index (χ3v) is 5.72. The molecule has 0 amide bonds. The summed E-state index contributed by atoms with van der Waals surface area (Å²) in [5.41, 5.74) is 0.907. The molecule has 0 spiro atoms. The Morgan fingerprint density at radius 2 is 1.84 bits per heavy atom. The minimum absolute atomic E-state index is 0.0338. The molecule has 0 aliphatic heterocycles. The molecule has 7 nitrogen and oxygen atoms in total. The van der Waals surface area contributed by atoms with Crippen molar-refractivity contribution >= 4 is 37.4 Å². The summed E-state index contributed by atoms with van der Waals surface area (Å²) in [6.45, 7) is 1.77. The Morgan fingerprint density at radius 1 is 1.16 bits per heavy atom. The first kappa shape index (κ1) is 18.0. The Balaban J connectivity index is 2.01. The molecule has 0 fully saturated rings. The number of nitrogens with zero attached hydrogens (tertiary/aromatic N) is 4. The second kappa shape index (κ2) is 7.19. The lowest BCUT2D eigenvalue weighted by Gasteiger charge is -2.03. The zero-order chi connectivity index (χ0) is 18.0. The molecule has 2 aromatic heterocycles. The zero-order valence-electron chi connectivity index (χ0n) is 13.0.